The average Bonchev–Trinajstić information content (AvgIpc) is 2.93. The van der Waals surface area contributed by atoms with Crippen molar-refractivity contribution in [1.82, 2.24) is 5.32 Å². The van der Waals surface area contributed by atoms with Crippen LogP contribution in [0.15, 0.2) is 24.3 Å². The number of hydrogen-bond acceptors (Lipinski definition) is 3. The zero-order chi connectivity index (χ0) is 14.9. The first kappa shape index (κ1) is 16.3. The van der Waals surface area contributed by atoms with Gasteiger partial charge >= 0.3 is 0 Å². The lowest BCUT2D eigenvalue weighted by atomic mass is 10.00. The average molecular weight is 291 g/mol. The Hall–Kier alpha value is -1.06. The lowest BCUT2D eigenvalue weighted by Gasteiger charge is -2.21. The van der Waals surface area contributed by atoms with Crippen molar-refractivity contribution in [2.75, 3.05) is 20.3 Å². The fourth-order valence-corrected chi connectivity index (χ4v) is 3.20. The van der Waals surface area contributed by atoms with Crippen LogP contribution in [-0.2, 0) is 11.3 Å². The summed E-state index contributed by atoms with van der Waals surface area (Å²) < 4.78 is 11.1. The summed E-state index contributed by atoms with van der Waals surface area (Å²) in [7, 11) is 1.72. The van der Waals surface area contributed by atoms with Crippen molar-refractivity contribution in [3.63, 3.8) is 0 Å². The Balaban J connectivity index is 1.74. The highest BCUT2D eigenvalue weighted by atomic mass is 16.5. The van der Waals surface area contributed by atoms with Crippen LogP contribution in [0.3, 0.4) is 0 Å². The molecule has 0 amide bonds. The van der Waals surface area contributed by atoms with Crippen molar-refractivity contribution in [3.05, 3.63) is 29.8 Å². The highest BCUT2D eigenvalue weighted by molar-refractivity contribution is 5.28. The largest absolute Gasteiger partial charge is 0.494 e. The Bertz CT molecular complexity index is 408. The molecule has 0 saturated heterocycles. The minimum atomic E-state index is 0.642. The second kappa shape index (κ2) is 9.06. The quantitative estimate of drug-likeness (QED) is 0.751. The number of rotatable bonds is 9. The van der Waals surface area contributed by atoms with Gasteiger partial charge in [-0.1, -0.05) is 25.5 Å². The van der Waals surface area contributed by atoms with Crippen LogP contribution in [0.1, 0.15) is 44.6 Å². The van der Waals surface area contributed by atoms with E-state index in [1.54, 1.807) is 7.11 Å². The molecule has 0 aliphatic heterocycles. The van der Waals surface area contributed by atoms with E-state index in [1.165, 1.54) is 31.2 Å². The topological polar surface area (TPSA) is 30.5 Å². The molecule has 1 aliphatic rings. The smallest absolute Gasteiger partial charge is 0.119 e. The molecule has 3 heteroatoms. The minimum absolute atomic E-state index is 0.642. The van der Waals surface area contributed by atoms with E-state index in [9.17, 15) is 0 Å². The monoisotopic (exact) mass is 291 g/mol. The third-order valence-electron chi connectivity index (χ3n) is 4.28. The highest BCUT2D eigenvalue weighted by Crippen LogP contribution is 2.28. The zero-order valence-electron chi connectivity index (χ0n) is 13.4. The summed E-state index contributed by atoms with van der Waals surface area (Å²) in [6.45, 7) is 4.82. The highest BCUT2D eigenvalue weighted by Gasteiger charge is 2.26. The number of hydrogen-bond donors (Lipinski definition) is 1. The maximum atomic E-state index is 5.92. The Labute approximate surface area is 129 Å². The van der Waals surface area contributed by atoms with E-state index in [4.69, 9.17) is 9.47 Å². The molecule has 21 heavy (non-hydrogen) atoms. The Kier molecular flexibility index (Phi) is 7.04. The molecule has 0 heterocycles. The van der Waals surface area contributed by atoms with Crippen molar-refractivity contribution in [3.8, 4) is 5.75 Å². The maximum absolute atomic E-state index is 5.92. The first-order valence-electron chi connectivity index (χ1n) is 8.27. The lowest BCUT2D eigenvalue weighted by molar-refractivity contribution is 0.184. The van der Waals surface area contributed by atoms with Gasteiger partial charge in [-0.2, -0.15) is 0 Å². The molecule has 1 saturated carbocycles. The van der Waals surface area contributed by atoms with Crippen molar-refractivity contribution < 1.29 is 9.47 Å². The molecule has 1 aromatic carbocycles. The summed E-state index contributed by atoms with van der Waals surface area (Å²) in [6.07, 6.45) is 6.39. The first-order chi connectivity index (χ1) is 10.3. The van der Waals surface area contributed by atoms with Crippen LogP contribution in [0.2, 0.25) is 0 Å². The van der Waals surface area contributed by atoms with Crippen LogP contribution >= 0.6 is 0 Å². The molecular weight excluding hydrogens is 262 g/mol. The van der Waals surface area contributed by atoms with Crippen LogP contribution in [0.25, 0.3) is 0 Å². The van der Waals surface area contributed by atoms with Crippen LogP contribution in [-0.4, -0.2) is 26.3 Å². The third kappa shape index (κ3) is 5.33. The molecular formula is C18H29NO2. The molecule has 1 aliphatic carbocycles. The Morgan fingerprint density at radius 1 is 1.29 bits per heavy atom. The molecule has 2 atom stereocenters. The number of methoxy groups -OCH3 is 1. The van der Waals surface area contributed by atoms with Gasteiger partial charge in [-0.15, -0.1) is 0 Å². The second-order valence-electron chi connectivity index (χ2n) is 5.97. The van der Waals surface area contributed by atoms with Crippen LogP contribution in [0.4, 0.5) is 0 Å². The molecule has 1 fully saturated rings. The van der Waals surface area contributed by atoms with E-state index < -0.39 is 0 Å². The normalized spacial score (nSPS) is 21.6. The molecule has 0 aromatic heterocycles. The van der Waals surface area contributed by atoms with Crippen LogP contribution in [0, 0.1) is 5.92 Å². The van der Waals surface area contributed by atoms with Gasteiger partial charge in [0.05, 0.1) is 13.2 Å². The first-order valence-corrected chi connectivity index (χ1v) is 8.27. The van der Waals surface area contributed by atoms with E-state index in [0.29, 0.717) is 12.6 Å². The summed E-state index contributed by atoms with van der Waals surface area (Å²) in [6, 6.07) is 8.91. The molecule has 3 nitrogen and oxygen atoms in total. The van der Waals surface area contributed by atoms with Gasteiger partial charge in [-0.3, -0.25) is 0 Å². The van der Waals surface area contributed by atoms with Crippen LogP contribution < -0.4 is 10.1 Å². The van der Waals surface area contributed by atoms with Crippen molar-refractivity contribution in [2.24, 2.45) is 5.92 Å². The van der Waals surface area contributed by atoms with Gasteiger partial charge < -0.3 is 14.8 Å². The molecule has 2 unspecified atom stereocenters. The predicted molar refractivity (Wildman–Crippen MR) is 86.7 cm³/mol. The van der Waals surface area contributed by atoms with E-state index in [-0.39, 0.29) is 0 Å². The molecule has 0 radical (unpaired) electrons. The standard InChI is InChI=1S/C18H29NO2/c1-3-11-19-18-9-5-7-16(18)10-12-21-17-8-4-6-15(13-17)14-20-2/h4,6,8,13,16,18-19H,3,5,7,9-12,14H2,1-2H3. The van der Waals surface area contributed by atoms with Crippen molar-refractivity contribution in [1.29, 1.82) is 0 Å². The number of nitrogens with one attached hydrogen (secondary N) is 1. The summed E-state index contributed by atoms with van der Waals surface area (Å²) in [4.78, 5) is 0. The summed E-state index contributed by atoms with van der Waals surface area (Å²) in [5.74, 6) is 1.74. The lowest BCUT2D eigenvalue weighted by Crippen LogP contribution is -2.33. The van der Waals surface area contributed by atoms with Crippen LogP contribution in [0.5, 0.6) is 5.75 Å². The summed E-state index contributed by atoms with van der Waals surface area (Å²) >= 11 is 0. The fraction of sp³-hybridized carbons (Fsp3) is 0.667. The van der Waals surface area contributed by atoms with E-state index in [2.05, 4.69) is 24.4 Å². The molecule has 2 rings (SSSR count). The van der Waals surface area contributed by atoms with Crippen molar-refractivity contribution >= 4 is 0 Å². The Morgan fingerprint density at radius 3 is 3.00 bits per heavy atom. The van der Waals surface area contributed by atoms with E-state index >= 15 is 0 Å². The Morgan fingerprint density at radius 2 is 2.19 bits per heavy atom. The van der Waals surface area contributed by atoms with Gasteiger partial charge in [0.1, 0.15) is 5.75 Å². The molecule has 0 spiro atoms. The van der Waals surface area contributed by atoms with E-state index in [1.807, 2.05) is 12.1 Å². The maximum Gasteiger partial charge on any atom is 0.119 e. The molecule has 1 aromatic rings. The fourth-order valence-electron chi connectivity index (χ4n) is 3.20. The zero-order valence-corrected chi connectivity index (χ0v) is 13.4. The van der Waals surface area contributed by atoms with Crippen molar-refractivity contribution in [2.45, 2.75) is 51.7 Å². The van der Waals surface area contributed by atoms with Gasteiger partial charge in [-0.05, 0) is 55.8 Å². The van der Waals surface area contributed by atoms with E-state index in [0.717, 1.165) is 31.2 Å². The van der Waals surface area contributed by atoms with Gasteiger partial charge in [0.15, 0.2) is 0 Å². The number of benzene rings is 1. The molecule has 1 N–H and O–H groups in total. The van der Waals surface area contributed by atoms with Gasteiger partial charge in [0, 0.05) is 13.2 Å². The van der Waals surface area contributed by atoms with Gasteiger partial charge in [0.2, 0.25) is 0 Å². The SMILES string of the molecule is CCCNC1CCCC1CCOc1cccc(COC)c1. The number of ether oxygens (including phenoxy) is 2. The van der Waals surface area contributed by atoms with Gasteiger partial charge in [-0.25, -0.2) is 0 Å². The minimum Gasteiger partial charge on any atom is -0.494 e. The molecule has 118 valence electrons. The molecule has 0 bridgehead atoms. The third-order valence-corrected chi connectivity index (χ3v) is 4.28. The predicted octanol–water partition coefficient (Wildman–Crippen LogP) is 3.77. The van der Waals surface area contributed by atoms with Gasteiger partial charge in [0.25, 0.3) is 0 Å². The summed E-state index contributed by atoms with van der Waals surface area (Å²) in [5.41, 5.74) is 1.17. The summed E-state index contributed by atoms with van der Waals surface area (Å²) in [5, 5.41) is 3.68. The second-order valence-corrected chi connectivity index (χ2v) is 5.97.